The molecular weight excluding hydrogens is 288 g/mol. The summed E-state index contributed by atoms with van der Waals surface area (Å²) in [4.78, 5) is 7.27. The molecule has 0 bridgehead atoms. The van der Waals surface area contributed by atoms with Crippen molar-refractivity contribution in [2.75, 3.05) is 37.9 Å². The Balaban J connectivity index is 1.45. The zero-order valence-electron chi connectivity index (χ0n) is 13.9. The Kier molecular flexibility index (Phi) is 4.33. The summed E-state index contributed by atoms with van der Waals surface area (Å²) in [5.74, 6) is 0. The number of aryl methyl sites for hydroxylation is 1. The van der Waals surface area contributed by atoms with E-state index in [0.717, 1.165) is 32.8 Å². The molecule has 4 rings (SSSR count). The van der Waals surface area contributed by atoms with E-state index >= 15 is 0 Å². The molecule has 0 saturated carbocycles. The highest BCUT2D eigenvalue weighted by molar-refractivity contribution is 5.83. The van der Waals surface area contributed by atoms with Crippen LogP contribution in [-0.2, 0) is 11.2 Å². The van der Waals surface area contributed by atoms with Gasteiger partial charge in [-0.05, 0) is 37.8 Å². The number of hydrazine groups is 1. The average Bonchev–Trinajstić information content (AvgIpc) is 2.62. The van der Waals surface area contributed by atoms with Gasteiger partial charge in [0.25, 0.3) is 0 Å². The summed E-state index contributed by atoms with van der Waals surface area (Å²) in [5.41, 5.74) is 7.77. The molecule has 5 heteroatoms. The lowest BCUT2D eigenvalue weighted by molar-refractivity contribution is 0.0205. The van der Waals surface area contributed by atoms with Gasteiger partial charge in [0.1, 0.15) is 6.34 Å². The second kappa shape index (κ2) is 6.59. The van der Waals surface area contributed by atoms with E-state index in [-0.39, 0.29) is 0 Å². The molecule has 1 aromatic rings. The van der Waals surface area contributed by atoms with E-state index in [1.165, 1.54) is 36.1 Å². The highest BCUT2D eigenvalue weighted by Crippen LogP contribution is 2.40. The van der Waals surface area contributed by atoms with Crippen LogP contribution in [-0.4, -0.2) is 50.1 Å². The smallest absolute Gasteiger partial charge is 0.105 e. The number of anilines is 1. The Morgan fingerprint density at radius 1 is 1.35 bits per heavy atom. The van der Waals surface area contributed by atoms with Crippen LogP contribution in [0.1, 0.15) is 36.9 Å². The molecule has 1 saturated heterocycles. The molecular formula is C18H26N4O. The predicted octanol–water partition coefficient (Wildman–Crippen LogP) is 2.14. The fourth-order valence-corrected chi connectivity index (χ4v) is 3.90. The molecule has 1 aromatic carbocycles. The summed E-state index contributed by atoms with van der Waals surface area (Å²) >= 11 is 0. The van der Waals surface area contributed by atoms with Crippen molar-refractivity contribution in [3.63, 3.8) is 0 Å². The highest BCUT2D eigenvalue weighted by atomic mass is 16.5. The topological polar surface area (TPSA) is 40.1 Å². The predicted molar refractivity (Wildman–Crippen MR) is 92.9 cm³/mol. The van der Waals surface area contributed by atoms with Gasteiger partial charge in [0, 0.05) is 31.2 Å². The normalized spacial score (nSPS) is 25.3. The maximum atomic E-state index is 5.44. The molecule has 5 nitrogen and oxygen atoms in total. The van der Waals surface area contributed by atoms with Crippen LogP contribution in [0.3, 0.4) is 0 Å². The number of nitrogens with zero attached hydrogens (tertiary/aromatic N) is 3. The standard InChI is InChI=1S/C18H26N4O/c1-14(21-8-10-23-11-9-21)12-20-22-13-19-16-6-2-4-15-5-3-7-17(22)18(15)16/h3,5,7,13-14,16,20H,2,4,6,8-12H2,1H3. The third-order valence-corrected chi connectivity index (χ3v) is 5.28. The molecule has 124 valence electrons. The molecule has 0 aromatic heterocycles. The molecule has 0 radical (unpaired) electrons. The Morgan fingerprint density at radius 3 is 3.09 bits per heavy atom. The van der Waals surface area contributed by atoms with Crippen molar-refractivity contribution in [3.8, 4) is 0 Å². The maximum absolute atomic E-state index is 5.44. The zero-order valence-corrected chi connectivity index (χ0v) is 13.9. The summed E-state index contributed by atoms with van der Waals surface area (Å²) < 4.78 is 5.44. The lowest BCUT2D eigenvalue weighted by Crippen LogP contribution is -2.50. The van der Waals surface area contributed by atoms with Gasteiger partial charge in [0.2, 0.25) is 0 Å². The van der Waals surface area contributed by atoms with E-state index in [2.05, 4.69) is 40.5 Å². The van der Waals surface area contributed by atoms with Crippen LogP contribution < -0.4 is 10.4 Å². The molecule has 2 heterocycles. The molecule has 1 N–H and O–H groups in total. The van der Waals surface area contributed by atoms with E-state index in [9.17, 15) is 0 Å². The summed E-state index contributed by atoms with van der Waals surface area (Å²) in [6.45, 7) is 6.95. The third kappa shape index (κ3) is 3.01. The van der Waals surface area contributed by atoms with Crippen molar-refractivity contribution in [2.24, 2.45) is 4.99 Å². The van der Waals surface area contributed by atoms with E-state index in [4.69, 9.17) is 9.73 Å². The SMILES string of the molecule is CC(CNN1C=NC2CCCc3cccc1c32)N1CCOCC1. The van der Waals surface area contributed by atoms with Gasteiger partial charge in [-0.15, -0.1) is 0 Å². The summed E-state index contributed by atoms with van der Waals surface area (Å²) in [6, 6.07) is 7.51. The Labute approximate surface area is 138 Å². The summed E-state index contributed by atoms with van der Waals surface area (Å²) in [5, 5.41) is 2.12. The van der Waals surface area contributed by atoms with Gasteiger partial charge in [0.15, 0.2) is 0 Å². The molecule has 1 fully saturated rings. The van der Waals surface area contributed by atoms with Gasteiger partial charge in [-0.3, -0.25) is 14.9 Å². The minimum absolute atomic E-state index is 0.365. The second-order valence-electron chi connectivity index (χ2n) is 6.75. The molecule has 2 atom stereocenters. The number of hydrogen-bond donors (Lipinski definition) is 1. The van der Waals surface area contributed by atoms with Crippen LogP contribution in [0.5, 0.6) is 0 Å². The number of rotatable bonds is 4. The van der Waals surface area contributed by atoms with Gasteiger partial charge in [0.05, 0.1) is 24.9 Å². The average molecular weight is 314 g/mol. The quantitative estimate of drug-likeness (QED) is 0.924. The van der Waals surface area contributed by atoms with E-state index in [1.54, 1.807) is 0 Å². The molecule has 0 amide bonds. The van der Waals surface area contributed by atoms with Crippen LogP contribution >= 0.6 is 0 Å². The first-order valence-corrected chi connectivity index (χ1v) is 8.82. The van der Waals surface area contributed by atoms with E-state index in [0.29, 0.717) is 12.1 Å². The number of hydrogen-bond acceptors (Lipinski definition) is 5. The minimum atomic E-state index is 0.365. The van der Waals surface area contributed by atoms with E-state index < -0.39 is 0 Å². The molecule has 0 spiro atoms. The lowest BCUT2D eigenvalue weighted by Gasteiger charge is -2.36. The van der Waals surface area contributed by atoms with Crippen LogP contribution in [0.4, 0.5) is 5.69 Å². The van der Waals surface area contributed by atoms with Crippen molar-refractivity contribution in [3.05, 3.63) is 29.3 Å². The highest BCUT2D eigenvalue weighted by Gasteiger charge is 2.28. The van der Waals surface area contributed by atoms with Crippen molar-refractivity contribution in [2.45, 2.75) is 38.3 Å². The van der Waals surface area contributed by atoms with Gasteiger partial charge in [-0.25, -0.2) is 5.43 Å². The Morgan fingerprint density at radius 2 is 2.22 bits per heavy atom. The first kappa shape index (κ1) is 15.1. The van der Waals surface area contributed by atoms with Crippen molar-refractivity contribution >= 4 is 12.0 Å². The fraction of sp³-hybridized carbons (Fsp3) is 0.611. The van der Waals surface area contributed by atoms with Crippen LogP contribution in [0.2, 0.25) is 0 Å². The van der Waals surface area contributed by atoms with Crippen molar-refractivity contribution in [1.29, 1.82) is 0 Å². The third-order valence-electron chi connectivity index (χ3n) is 5.28. The maximum Gasteiger partial charge on any atom is 0.105 e. The number of benzene rings is 1. The van der Waals surface area contributed by atoms with Gasteiger partial charge < -0.3 is 4.74 Å². The second-order valence-corrected chi connectivity index (χ2v) is 6.75. The molecule has 2 aliphatic heterocycles. The summed E-state index contributed by atoms with van der Waals surface area (Å²) in [7, 11) is 0. The minimum Gasteiger partial charge on any atom is -0.379 e. The largest absolute Gasteiger partial charge is 0.379 e. The van der Waals surface area contributed by atoms with Gasteiger partial charge in [-0.1, -0.05) is 12.1 Å². The summed E-state index contributed by atoms with van der Waals surface area (Å²) in [6.07, 6.45) is 5.60. The molecule has 1 aliphatic carbocycles. The number of aliphatic imine (C=N–C) groups is 1. The molecule has 3 aliphatic rings. The number of ether oxygens (including phenoxy) is 1. The lowest BCUT2D eigenvalue weighted by atomic mass is 9.86. The van der Waals surface area contributed by atoms with Gasteiger partial charge >= 0.3 is 0 Å². The first-order valence-electron chi connectivity index (χ1n) is 8.82. The Bertz CT molecular complexity index is 582. The number of nitrogens with one attached hydrogen (secondary N) is 1. The fourth-order valence-electron chi connectivity index (χ4n) is 3.90. The molecule has 23 heavy (non-hydrogen) atoms. The van der Waals surface area contributed by atoms with Crippen LogP contribution in [0, 0.1) is 0 Å². The number of morpholine rings is 1. The first-order chi connectivity index (χ1) is 11.3. The molecule has 2 unspecified atom stereocenters. The monoisotopic (exact) mass is 314 g/mol. The van der Waals surface area contributed by atoms with E-state index in [1.807, 2.05) is 6.34 Å². The van der Waals surface area contributed by atoms with Crippen molar-refractivity contribution in [1.82, 2.24) is 10.3 Å². The van der Waals surface area contributed by atoms with Gasteiger partial charge in [-0.2, -0.15) is 0 Å². The van der Waals surface area contributed by atoms with Crippen LogP contribution in [0.25, 0.3) is 0 Å². The van der Waals surface area contributed by atoms with Crippen molar-refractivity contribution < 1.29 is 4.74 Å². The zero-order chi connectivity index (χ0) is 15.6. The van der Waals surface area contributed by atoms with Crippen LogP contribution in [0.15, 0.2) is 23.2 Å². The Hall–Kier alpha value is -1.43.